The number of nitrogen functional groups attached to an aromatic ring is 1. The van der Waals surface area contributed by atoms with Gasteiger partial charge in [0.1, 0.15) is 5.82 Å². The van der Waals surface area contributed by atoms with Gasteiger partial charge >= 0.3 is 0 Å². The van der Waals surface area contributed by atoms with E-state index in [9.17, 15) is 4.39 Å². The number of benzene rings is 1. The number of rotatable bonds is 0. The first-order valence-corrected chi connectivity index (χ1v) is 4.10. The highest BCUT2D eigenvalue weighted by molar-refractivity contribution is 9.11. The molecule has 0 amide bonds. The van der Waals surface area contributed by atoms with Crippen molar-refractivity contribution in [3.05, 3.63) is 26.9 Å². The van der Waals surface area contributed by atoms with Gasteiger partial charge in [-0.3, -0.25) is 0 Å². The second-order valence-corrected chi connectivity index (χ2v) is 3.40. The highest BCUT2D eigenvalue weighted by Gasteiger charge is 2.04. The van der Waals surface area contributed by atoms with E-state index in [1.807, 2.05) is 0 Å². The highest BCUT2D eigenvalue weighted by Crippen LogP contribution is 2.29. The first-order valence-electron chi connectivity index (χ1n) is 2.52. The third-order valence-electron chi connectivity index (χ3n) is 1.08. The molecule has 0 aromatic heterocycles. The fourth-order valence-corrected chi connectivity index (χ4v) is 1.48. The molecule has 4 heteroatoms. The molecule has 1 aromatic carbocycles. The lowest BCUT2D eigenvalue weighted by atomic mass is 10.3. The van der Waals surface area contributed by atoms with Crippen LogP contribution >= 0.6 is 31.9 Å². The zero-order valence-corrected chi connectivity index (χ0v) is 8.04. The van der Waals surface area contributed by atoms with Crippen LogP contribution in [0, 0.1) is 5.82 Å². The quantitative estimate of drug-likeness (QED) is 0.568. The lowest BCUT2D eigenvalue weighted by Crippen LogP contribution is -1.90. The van der Waals surface area contributed by atoms with Crippen LogP contribution in [-0.4, -0.2) is 0 Å². The molecule has 54 valence electrons. The second kappa shape index (κ2) is 2.88. The summed E-state index contributed by atoms with van der Waals surface area (Å²) in [6.45, 7) is 0. The smallest absolute Gasteiger partial charge is 0.139 e. The van der Waals surface area contributed by atoms with Crippen LogP contribution < -0.4 is 5.73 Å². The van der Waals surface area contributed by atoms with E-state index in [-0.39, 0.29) is 5.82 Å². The minimum absolute atomic E-state index is 0.307. The van der Waals surface area contributed by atoms with Gasteiger partial charge in [-0.25, -0.2) is 4.39 Å². The average molecular weight is 269 g/mol. The van der Waals surface area contributed by atoms with E-state index in [0.29, 0.717) is 14.6 Å². The van der Waals surface area contributed by atoms with Crippen molar-refractivity contribution in [1.82, 2.24) is 0 Å². The molecule has 0 unspecified atom stereocenters. The number of hydrogen-bond donors (Lipinski definition) is 1. The van der Waals surface area contributed by atoms with Crippen molar-refractivity contribution >= 4 is 37.5 Å². The summed E-state index contributed by atoms with van der Waals surface area (Å²) in [6.07, 6.45) is 0. The van der Waals surface area contributed by atoms with Gasteiger partial charge in [0.15, 0.2) is 0 Å². The van der Waals surface area contributed by atoms with E-state index >= 15 is 0 Å². The van der Waals surface area contributed by atoms with Crippen molar-refractivity contribution in [3.8, 4) is 0 Å². The highest BCUT2D eigenvalue weighted by atomic mass is 79.9. The summed E-state index contributed by atoms with van der Waals surface area (Å²) < 4.78 is 13.6. The predicted molar refractivity (Wildman–Crippen MR) is 46.2 cm³/mol. The molecule has 0 saturated heterocycles. The maximum absolute atomic E-state index is 12.6. The Labute approximate surface area is 74.7 Å². The Morgan fingerprint density at radius 3 is 2.40 bits per heavy atom. The summed E-state index contributed by atoms with van der Waals surface area (Å²) in [5.74, 6) is -0.347. The normalized spacial score (nSPS) is 9.90. The van der Waals surface area contributed by atoms with Crippen molar-refractivity contribution in [2.45, 2.75) is 0 Å². The van der Waals surface area contributed by atoms with Gasteiger partial charge in [-0.1, -0.05) is 0 Å². The summed E-state index contributed by atoms with van der Waals surface area (Å²) in [4.78, 5) is 0. The summed E-state index contributed by atoms with van der Waals surface area (Å²) in [5, 5.41) is 0. The van der Waals surface area contributed by atoms with Crippen molar-refractivity contribution in [1.29, 1.82) is 0 Å². The number of hydrogen-bond acceptors (Lipinski definition) is 1. The maximum Gasteiger partial charge on any atom is 0.139 e. The molecular formula is C6H4Br2FN. The van der Waals surface area contributed by atoms with Crippen LogP contribution in [0.1, 0.15) is 0 Å². The van der Waals surface area contributed by atoms with E-state index in [1.54, 1.807) is 6.07 Å². The molecule has 0 saturated carbocycles. The summed E-state index contributed by atoms with van der Waals surface area (Å²) in [5.41, 5.74) is 5.84. The van der Waals surface area contributed by atoms with E-state index in [1.165, 1.54) is 6.07 Å². The molecule has 0 heterocycles. The zero-order chi connectivity index (χ0) is 7.72. The van der Waals surface area contributed by atoms with Gasteiger partial charge in [0.2, 0.25) is 0 Å². The molecule has 1 aromatic rings. The van der Waals surface area contributed by atoms with Crippen LogP contribution in [-0.2, 0) is 0 Å². The SMILES string of the molecule is Nc1c(Br)ccc(F)c1Br. The fraction of sp³-hybridized carbons (Fsp3) is 0. The van der Waals surface area contributed by atoms with E-state index in [2.05, 4.69) is 31.9 Å². The number of halogens is 3. The number of nitrogens with two attached hydrogens (primary N) is 1. The van der Waals surface area contributed by atoms with Crippen molar-refractivity contribution in [2.24, 2.45) is 0 Å². The number of anilines is 1. The second-order valence-electron chi connectivity index (χ2n) is 1.76. The monoisotopic (exact) mass is 267 g/mol. The molecule has 0 bridgehead atoms. The molecule has 0 fully saturated rings. The van der Waals surface area contributed by atoms with Crippen LogP contribution in [0.25, 0.3) is 0 Å². The van der Waals surface area contributed by atoms with E-state index < -0.39 is 0 Å². The lowest BCUT2D eigenvalue weighted by molar-refractivity contribution is 0.621. The first kappa shape index (κ1) is 8.01. The average Bonchev–Trinajstić information content (AvgIpc) is 1.93. The third kappa shape index (κ3) is 1.32. The summed E-state index contributed by atoms with van der Waals surface area (Å²) >= 11 is 6.16. The largest absolute Gasteiger partial charge is 0.397 e. The summed E-state index contributed by atoms with van der Waals surface area (Å²) in [7, 11) is 0. The first-order chi connectivity index (χ1) is 4.63. The van der Waals surface area contributed by atoms with Crippen LogP contribution in [0.15, 0.2) is 21.1 Å². The van der Waals surface area contributed by atoms with Crippen LogP contribution in [0.2, 0.25) is 0 Å². The fourth-order valence-electron chi connectivity index (χ4n) is 0.543. The van der Waals surface area contributed by atoms with Gasteiger partial charge in [0, 0.05) is 4.47 Å². The molecule has 0 aliphatic heterocycles. The Bertz CT molecular complexity index is 235. The lowest BCUT2D eigenvalue weighted by Gasteiger charge is -2.00. The van der Waals surface area contributed by atoms with Crippen molar-refractivity contribution in [3.63, 3.8) is 0 Å². The Balaban J connectivity index is 3.34. The topological polar surface area (TPSA) is 26.0 Å². The minimum atomic E-state index is -0.347. The Morgan fingerprint density at radius 2 is 1.90 bits per heavy atom. The molecule has 1 nitrogen and oxygen atoms in total. The van der Waals surface area contributed by atoms with Gasteiger partial charge in [0.05, 0.1) is 10.2 Å². The molecule has 0 aliphatic rings. The van der Waals surface area contributed by atoms with Crippen molar-refractivity contribution in [2.75, 3.05) is 5.73 Å². The molecule has 0 atom stereocenters. The Hall–Kier alpha value is -0.0900. The molecule has 0 radical (unpaired) electrons. The van der Waals surface area contributed by atoms with Crippen LogP contribution in [0.5, 0.6) is 0 Å². The molecule has 0 spiro atoms. The Morgan fingerprint density at radius 1 is 1.30 bits per heavy atom. The summed E-state index contributed by atoms with van der Waals surface area (Å²) in [6, 6.07) is 2.90. The van der Waals surface area contributed by atoms with E-state index in [4.69, 9.17) is 5.73 Å². The maximum atomic E-state index is 12.6. The third-order valence-corrected chi connectivity index (χ3v) is 2.58. The van der Waals surface area contributed by atoms with E-state index in [0.717, 1.165) is 0 Å². The van der Waals surface area contributed by atoms with Gasteiger partial charge in [-0.05, 0) is 44.0 Å². The molecular weight excluding hydrogens is 265 g/mol. The minimum Gasteiger partial charge on any atom is -0.397 e. The van der Waals surface area contributed by atoms with Gasteiger partial charge in [-0.15, -0.1) is 0 Å². The van der Waals surface area contributed by atoms with Gasteiger partial charge < -0.3 is 5.73 Å². The molecule has 1 rings (SSSR count). The zero-order valence-electron chi connectivity index (χ0n) is 4.87. The standard InChI is InChI=1S/C6H4Br2FN/c7-3-1-2-4(9)5(8)6(3)10/h1-2H,10H2. The van der Waals surface area contributed by atoms with Gasteiger partial charge in [-0.2, -0.15) is 0 Å². The molecule has 10 heavy (non-hydrogen) atoms. The predicted octanol–water partition coefficient (Wildman–Crippen LogP) is 2.93. The van der Waals surface area contributed by atoms with Gasteiger partial charge in [0.25, 0.3) is 0 Å². The van der Waals surface area contributed by atoms with Crippen molar-refractivity contribution < 1.29 is 4.39 Å². The van der Waals surface area contributed by atoms with Crippen LogP contribution in [0.4, 0.5) is 10.1 Å². The van der Waals surface area contributed by atoms with Crippen LogP contribution in [0.3, 0.4) is 0 Å². The molecule has 0 aliphatic carbocycles. The molecule has 2 N–H and O–H groups in total. The Kier molecular flexibility index (Phi) is 2.31.